The van der Waals surface area contributed by atoms with E-state index in [1.165, 1.54) is 10.6 Å². The van der Waals surface area contributed by atoms with Gasteiger partial charge in [-0.25, -0.2) is 9.78 Å². The molecule has 23 heavy (non-hydrogen) atoms. The van der Waals surface area contributed by atoms with Crippen LogP contribution >= 0.6 is 11.3 Å². The van der Waals surface area contributed by atoms with Crippen molar-refractivity contribution in [2.45, 2.75) is 45.2 Å². The molecule has 1 aromatic heterocycles. The molecule has 0 aromatic carbocycles. The number of fused-ring (bicyclic) bond motifs is 2. The number of likely N-dealkylation sites (N-methyl/N-ethyl adjacent to an activating group) is 1. The van der Waals surface area contributed by atoms with Crippen LogP contribution in [-0.2, 0) is 12.8 Å². The topological polar surface area (TPSA) is 74.5 Å². The Balaban J connectivity index is 1.67. The van der Waals surface area contributed by atoms with Crippen molar-refractivity contribution in [2.75, 3.05) is 32.4 Å². The van der Waals surface area contributed by atoms with Gasteiger partial charge in [-0.1, -0.05) is 0 Å². The second-order valence-electron chi connectivity index (χ2n) is 6.65. The van der Waals surface area contributed by atoms with Crippen LogP contribution in [0.3, 0.4) is 0 Å². The summed E-state index contributed by atoms with van der Waals surface area (Å²) in [5.41, 5.74) is 7.05. The lowest BCUT2D eigenvalue weighted by Crippen LogP contribution is -2.57. The summed E-state index contributed by atoms with van der Waals surface area (Å²) in [5.74, 6) is 0.546. The van der Waals surface area contributed by atoms with Crippen LogP contribution in [0.2, 0.25) is 0 Å². The largest absolute Gasteiger partial charge is 0.375 e. The Labute approximate surface area is 142 Å². The predicted molar refractivity (Wildman–Crippen MR) is 93.7 cm³/mol. The number of hydrogen-bond acceptors (Lipinski definition) is 5. The summed E-state index contributed by atoms with van der Waals surface area (Å²) in [6.45, 7) is 6.44. The Bertz CT molecular complexity index is 571. The number of urea groups is 1. The van der Waals surface area contributed by atoms with E-state index in [1.54, 1.807) is 11.3 Å². The number of piperidine rings is 1. The SMILES string of the molecule is CCN(CC)C(=O)NC1CC2Cc3nc(N)sc3CC2N(C)C1. The summed E-state index contributed by atoms with van der Waals surface area (Å²) in [6, 6.07) is 0.817. The quantitative estimate of drug-likeness (QED) is 0.878. The second-order valence-corrected chi connectivity index (χ2v) is 7.77. The van der Waals surface area contributed by atoms with Crippen LogP contribution in [-0.4, -0.2) is 59.6 Å². The number of nitrogens with zero attached hydrogens (tertiary/aromatic N) is 3. The van der Waals surface area contributed by atoms with Crippen LogP contribution in [0.4, 0.5) is 9.93 Å². The third-order valence-electron chi connectivity index (χ3n) is 5.23. The first-order valence-electron chi connectivity index (χ1n) is 8.51. The summed E-state index contributed by atoms with van der Waals surface area (Å²) >= 11 is 1.63. The van der Waals surface area contributed by atoms with E-state index in [2.05, 4.69) is 22.2 Å². The number of amides is 2. The molecule has 0 saturated carbocycles. The third kappa shape index (κ3) is 3.30. The van der Waals surface area contributed by atoms with Crippen LogP contribution < -0.4 is 11.1 Å². The van der Waals surface area contributed by atoms with Gasteiger partial charge in [0.05, 0.1) is 5.69 Å². The molecule has 7 heteroatoms. The van der Waals surface area contributed by atoms with Gasteiger partial charge in [0.2, 0.25) is 0 Å². The van der Waals surface area contributed by atoms with Crippen molar-refractivity contribution in [3.63, 3.8) is 0 Å². The van der Waals surface area contributed by atoms with Gasteiger partial charge >= 0.3 is 6.03 Å². The van der Waals surface area contributed by atoms with Crippen molar-refractivity contribution >= 4 is 22.5 Å². The Morgan fingerprint density at radius 2 is 2.17 bits per heavy atom. The zero-order valence-corrected chi connectivity index (χ0v) is 15.0. The zero-order valence-electron chi connectivity index (χ0n) is 14.2. The molecule has 3 atom stereocenters. The average Bonchev–Trinajstić information content (AvgIpc) is 2.85. The monoisotopic (exact) mass is 337 g/mol. The van der Waals surface area contributed by atoms with Crippen LogP contribution in [0, 0.1) is 5.92 Å². The summed E-state index contributed by atoms with van der Waals surface area (Å²) < 4.78 is 0. The molecular weight excluding hydrogens is 310 g/mol. The van der Waals surface area contributed by atoms with Crippen LogP contribution in [0.5, 0.6) is 0 Å². The molecule has 1 aliphatic carbocycles. The van der Waals surface area contributed by atoms with E-state index in [9.17, 15) is 4.79 Å². The Hall–Kier alpha value is -1.34. The first-order chi connectivity index (χ1) is 11.0. The lowest BCUT2D eigenvalue weighted by Gasteiger charge is -2.45. The van der Waals surface area contributed by atoms with Gasteiger partial charge in [0.1, 0.15) is 0 Å². The van der Waals surface area contributed by atoms with Crippen LogP contribution in [0.25, 0.3) is 0 Å². The highest BCUT2D eigenvalue weighted by molar-refractivity contribution is 7.15. The van der Waals surface area contributed by atoms with E-state index in [-0.39, 0.29) is 12.1 Å². The van der Waals surface area contributed by atoms with Gasteiger partial charge < -0.3 is 20.9 Å². The highest BCUT2D eigenvalue weighted by Crippen LogP contribution is 2.37. The van der Waals surface area contributed by atoms with E-state index in [1.807, 2.05) is 18.7 Å². The Kier molecular flexibility index (Phi) is 4.77. The Morgan fingerprint density at radius 1 is 1.43 bits per heavy atom. The van der Waals surface area contributed by atoms with Gasteiger partial charge in [-0.2, -0.15) is 0 Å². The van der Waals surface area contributed by atoms with Gasteiger partial charge in [-0.3, -0.25) is 0 Å². The summed E-state index contributed by atoms with van der Waals surface area (Å²) in [6.07, 6.45) is 3.05. The minimum atomic E-state index is 0.0567. The van der Waals surface area contributed by atoms with Crippen molar-refractivity contribution in [1.82, 2.24) is 20.1 Å². The number of hydrogen-bond donors (Lipinski definition) is 2. The molecule has 128 valence electrons. The number of nitrogens with one attached hydrogen (secondary N) is 1. The maximum absolute atomic E-state index is 12.3. The number of nitrogen functional groups attached to an aromatic ring is 1. The summed E-state index contributed by atoms with van der Waals surface area (Å²) in [5, 5.41) is 3.90. The lowest BCUT2D eigenvalue weighted by atomic mass is 9.78. The number of rotatable bonds is 3. The fourth-order valence-corrected chi connectivity index (χ4v) is 4.93. The number of thiazole rings is 1. The molecule has 0 radical (unpaired) electrons. The smallest absolute Gasteiger partial charge is 0.317 e. The normalized spacial score (nSPS) is 27.2. The minimum Gasteiger partial charge on any atom is -0.375 e. The molecule has 2 heterocycles. The van der Waals surface area contributed by atoms with Gasteiger partial charge in [0, 0.05) is 36.6 Å². The molecule has 3 unspecified atom stereocenters. The minimum absolute atomic E-state index is 0.0567. The van der Waals surface area contributed by atoms with Gasteiger partial charge in [0.15, 0.2) is 5.13 Å². The first kappa shape index (κ1) is 16.5. The molecule has 1 aromatic rings. The molecular formula is C16H27N5OS. The number of carbonyl (C=O) groups is 1. The zero-order chi connectivity index (χ0) is 16.6. The van der Waals surface area contributed by atoms with Gasteiger partial charge in [-0.05, 0) is 46.1 Å². The van der Waals surface area contributed by atoms with Crippen LogP contribution in [0.15, 0.2) is 0 Å². The van der Waals surface area contributed by atoms with E-state index < -0.39 is 0 Å². The van der Waals surface area contributed by atoms with E-state index in [0.29, 0.717) is 17.1 Å². The van der Waals surface area contributed by atoms with Crippen LogP contribution in [0.1, 0.15) is 30.8 Å². The molecule has 1 saturated heterocycles. The maximum atomic E-state index is 12.3. The third-order valence-corrected chi connectivity index (χ3v) is 6.18. The highest BCUT2D eigenvalue weighted by Gasteiger charge is 2.39. The van der Waals surface area contributed by atoms with Crippen molar-refractivity contribution in [3.05, 3.63) is 10.6 Å². The summed E-state index contributed by atoms with van der Waals surface area (Å²) in [4.78, 5) is 22.4. The average molecular weight is 337 g/mol. The summed E-state index contributed by atoms with van der Waals surface area (Å²) in [7, 11) is 2.17. The number of anilines is 1. The number of nitrogens with two attached hydrogens (primary N) is 1. The molecule has 3 rings (SSSR count). The van der Waals surface area contributed by atoms with Gasteiger partial charge in [-0.15, -0.1) is 11.3 Å². The van der Waals surface area contributed by atoms with E-state index >= 15 is 0 Å². The second kappa shape index (κ2) is 6.65. The van der Waals surface area contributed by atoms with Crippen molar-refractivity contribution in [3.8, 4) is 0 Å². The first-order valence-corrected chi connectivity index (χ1v) is 9.33. The highest BCUT2D eigenvalue weighted by atomic mass is 32.1. The molecule has 0 spiro atoms. The lowest BCUT2D eigenvalue weighted by molar-refractivity contribution is 0.0865. The number of aromatic nitrogens is 1. The molecule has 1 fully saturated rings. The van der Waals surface area contributed by atoms with Gasteiger partial charge in [0.25, 0.3) is 0 Å². The van der Waals surface area contributed by atoms with Crippen molar-refractivity contribution in [1.29, 1.82) is 0 Å². The number of likely N-dealkylation sites (tertiary alicyclic amines) is 1. The van der Waals surface area contributed by atoms with Crippen molar-refractivity contribution in [2.24, 2.45) is 5.92 Å². The predicted octanol–water partition coefficient (Wildman–Crippen LogP) is 1.56. The number of carbonyl (C=O) groups excluding carboxylic acids is 1. The fourth-order valence-electron chi connectivity index (χ4n) is 4.02. The van der Waals surface area contributed by atoms with E-state index in [0.717, 1.165) is 38.9 Å². The Morgan fingerprint density at radius 3 is 2.87 bits per heavy atom. The van der Waals surface area contributed by atoms with E-state index in [4.69, 9.17) is 5.73 Å². The maximum Gasteiger partial charge on any atom is 0.317 e. The van der Waals surface area contributed by atoms with Crippen molar-refractivity contribution < 1.29 is 4.79 Å². The fraction of sp³-hybridized carbons (Fsp3) is 0.750. The molecule has 1 aliphatic heterocycles. The molecule has 3 N–H and O–H groups in total. The molecule has 2 amide bonds. The standard InChI is InChI=1S/C16H27N5OS/c1-4-21(5-2)16(22)18-11-6-10-7-12-14(23-15(17)19-12)8-13(10)20(3)9-11/h10-11,13H,4-9H2,1-3H3,(H2,17,19)(H,18,22). The molecule has 6 nitrogen and oxygen atoms in total. The molecule has 2 aliphatic rings. The molecule has 0 bridgehead atoms.